The zero-order valence-corrected chi connectivity index (χ0v) is 13.2. The van der Waals surface area contributed by atoms with Gasteiger partial charge in [0.05, 0.1) is 4.88 Å². The standard InChI is InChI=1S/C19H18O2S/c20-13-18-16(11-12-22-18)15-9-5-2-6-10-17(15)19(21)14-7-3-1-4-8-14/h1,3-4,7-8,11-13H,2,5-6,9-10H2. The number of hydrogen-bond acceptors (Lipinski definition) is 3. The van der Waals surface area contributed by atoms with Crippen LogP contribution in [0.2, 0.25) is 0 Å². The molecular weight excluding hydrogens is 292 g/mol. The lowest BCUT2D eigenvalue weighted by molar-refractivity contribution is 0.103. The summed E-state index contributed by atoms with van der Waals surface area (Å²) < 4.78 is 0. The maximum Gasteiger partial charge on any atom is 0.189 e. The highest BCUT2D eigenvalue weighted by molar-refractivity contribution is 7.12. The smallest absolute Gasteiger partial charge is 0.189 e. The number of allylic oxidation sites excluding steroid dienone is 2. The molecule has 3 rings (SSSR count). The molecule has 1 heterocycles. The van der Waals surface area contributed by atoms with Crippen LogP contribution in [0.1, 0.15) is 57.7 Å². The molecular formula is C19H18O2S. The number of benzene rings is 1. The quantitative estimate of drug-likeness (QED) is 0.577. The highest BCUT2D eigenvalue weighted by atomic mass is 32.1. The third-order valence-electron chi connectivity index (χ3n) is 4.16. The van der Waals surface area contributed by atoms with Crippen molar-refractivity contribution in [3.63, 3.8) is 0 Å². The van der Waals surface area contributed by atoms with Crippen molar-refractivity contribution in [2.75, 3.05) is 0 Å². The van der Waals surface area contributed by atoms with Crippen LogP contribution in [0.15, 0.2) is 47.4 Å². The van der Waals surface area contributed by atoms with E-state index in [9.17, 15) is 9.59 Å². The van der Waals surface area contributed by atoms with E-state index >= 15 is 0 Å². The molecule has 0 bridgehead atoms. The minimum absolute atomic E-state index is 0.112. The number of carbonyl (C=O) groups is 2. The van der Waals surface area contributed by atoms with Gasteiger partial charge in [-0.15, -0.1) is 11.3 Å². The Balaban J connectivity index is 2.09. The third-order valence-corrected chi connectivity index (χ3v) is 5.00. The molecule has 1 aromatic heterocycles. The Kier molecular flexibility index (Phi) is 4.64. The molecule has 1 aliphatic carbocycles. The first-order chi connectivity index (χ1) is 10.8. The van der Waals surface area contributed by atoms with Gasteiger partial charge in [-0.3, -0.25) is 9.59 Å². The lowest BCUT2D eigenvalue weighted by Gasteiger charge is -2.12. The van der Waals surface area contributed by atoms with Crippen LogP contribution in [0.25, 0.3) is 5.57 Å². The largest absolute Gasteiger partial charge is 0.297 e. The first-order valence-corrected chi connectivity index (χ1v) is 8.54. The molecule has 0 atom stereocenters. The molecule has 112 valence electrons. The van der Waals surface area contributed by atoms with Crippen LogP contribution in [0.5, 0.6) is 0 Å². The van der Waals surface area contributed by atoms with Crippen LogP contribution in [-0.2, 0) is 0 Å². The van der Waals surface area contributed by atoms with Crippen LogP contribution in [0.3, 0.4) is 0 Å². The fourth-order valence-electron chi connectivity index (χ4n) is 3.06. The predicted octanol–water partition coefficient (Wildman–Crippen LogP) is 5.16. The molecule has 22 heavy (non-hydrogen) atoms. The number of aldehydes is 1. The van der Waals surface area contributed by atoms with Crippen LogP contribution >= 0.6 is 11.3 Å². The summed E-state index contributed by atoms with van der Waals surface area (Å²) in [4.78, 5) is 24.9. The van der Waals surface area contributed by atoms with Gasteiger partial charge in [0.2, 0.25) is 0 Å². The van der Waals surface area contributed by atoms with Crippen LogP contribution in [0, 0.1) is 0 Å². The summed E-state index contributed by atoms with van der Waals surface area (Å²) in [6.07, 6.45) is 5.84. The number of rotatable bonds is 4. The van der Waals surface area contributed by atoms with E-state index in [0.29, 0.717) is 0 Å². The van der Waals surface area contributed by atoms with Crippen molar-refractivity contribution in [1.29, 1.82) is 0 Å². The van der Waals surface area contributed by atoms with Crippen molar-refractivity contribution in [2.45, 2.75) is 32.1 Å². The Morgan fingerprint density at radius 1 is 1.00 bits per heavy atom. The zero-order chi connectivity index (χ0) is 15.4. The van der Waals surface area contributed by atoms with Crippen molar-refractivity contribution < 1.29 is 9.59 Å². The van der Waals surface area contributed by atoms with E-state index in [0.717, 1.165) is 65.5 Å². The van der Waals surface area contributed by atoms with Gasteiger partial charge < -0.3 is 0 Å². The van der Waals surface area contributed by atoms with E-state index in [-0.39, 0.29) is 5.78 Å². The summed E-state index contributed by atoms with van der Waals surface area (Å²) in [5.74, 6) is 0.112. The molecule has 1 aliphatic rings. The van der Waals surface area contributed by atoms with Gasteiger partial charge in [-0.2, -0.15) is 0 Å². The number of hydrogen-bond donors (Lipinski definition) is 0. The van der Waals surface area contributed by atoms with Gasteiger partial charge in [0, 0.05) is 11.1 Å². The monoisotopic (exact) mass is 310 g/mol. The number of carbonyl (C=O) groups excluding carboxylic acids is 2. The topological polar surface area (TPSA) is 34.1 Å². The average molecular weight is 310 g/mol. The van der Waals surface area contributed by atoms with Gasteiger partial charge in [0.15, 0.2) is 12.1 Å². The molecule has 0 spiro atoms. The molecule has 0 N–H and O–H groups in total. The molecule has 0 fully saturated rings. The van der Waals surface area contributed by atoms with E-state index in [1.807, 2.05) is 41.8 Å². The highest BCUT2D eigenvalue weighted by Gasteiger charge is 2.22. The Morgan fingerprint density at radius 3 is 2.55 bits per heavy atom. The van der Waals surface area contributed by atoms with Gasteiger partial charge in [-0.1, -0.05) is 36.8 Å². The zero-order valence-electron chi connectivity index (χ0n) is 12.4. The van der Waals surface area contributed by atoms with Crippen molar-refractivity contribution in [3.8, 4) is 0 Å². The molecule has 2 aromatic rings. The Morgan fingerprint density at radius 2 is 1.77 bits per heavy atom. The normalized spacial score (nSPS) is 15.5. The fourth-order valence-corrected chi connectivity index (χ4v) is 3.78. The van der Waals surface area contributed by atoms with E-state index in [1.165, 1.54) is 11.3 Å². The lowest BCUT2D eigenvalue weighted by atomic mass is 9.91. The fraction of sp³-hybridized carbons (Fsp3) is 0.263. The van der Waals surface area contributed by atoms with Gasteiger partial charge in [-0.25, -0.2) is 0 Å². The summed E-state index contributed by atoms with van der Waals surface area (Å²) >= 11 is 1.45. The summed E-state index contributed by atoms with van der Waals surface area (Å²) in [6.45, 7) is 0. The minimum Gasteiger partial charge on any atom is -0.297 e. The van der Waals surface area contributed by atoms with E-state index < -0.39 is 0 Å². The summed E-state index contributed by atoms with van der Waals surface area (Å²) in [6, 6.07) is 11.4. The Labute approximate surface area is 134 Å². The first kappa shape index (κ1) is 14.9. The molecule has 2 nitrogen and oxygen atoms in total. The van der Waals surface area contributed by atoms with Crippen molar-refractivity contribution in [3.05, 3.63) is 63.4 Å². The second-order valence-electron chi connectivity index (χ2n) is 5.53. The third kappa shape index (κ3) is 2.95. The molecule has 1 aromatic carbocycles. The van der Waals surface area contributed by atoms with Crippen LogP contribution in [0.4, 0.5) is 0 Å². The van der Waals surface area contributed by atoms with E-state index in [1.54, 1.807) is 0 Å². The maximum atomic E-state index is 12.9. The first-order valence-electron chi connectivity index (χ1n) is 7.66. The Hall–Kier alpha value is -2.00. The second-order valence-corrected chi connectivity index (χ2v) is 6.48. The van der Waals surface area contributed by atoms with Crippen molar-refractivity contribution in [2.24, 2.45) is 0 Å². The number of ketones is 1. The van der Waals surface area contributed by atoms with Gasteiger partial charge in [0.25, 0.3) is 0 Å². The molecule has 3 heteroatoms. The summed E-state index contributed by atoms with van der Waals surface area (Å²) in [5.41, 5.74) is 3.67. The summed E-state index contributed by atoms with van der Waals surface area (Å²) in [7, 11) is 0. The summed E-state index contributed by atoms with van der Waals surface area (Å²) in [5, 5.41) is 1.93. The average Bonchev–Trinajstić information content (AvgIpc) is 2.91. The number of Topliss-reactive ketones (excluding diaryl/α,β-unsaturated/α-hetero) is 1. The number of thiophene rings is 1. The molecule has 0 saturated heterocycles. The Bertz CT molecular complexity index is 710. The van der Waals surface area contributed by atoms with Gasteiger partial charge in [-0.05, 0) is 48.3 Å². The maximum absolute atomic E-state index is 12.9. The molecule has 0 aliphatic heterocycles. The van der Waals surface area contributed by atoms with E-state index in [4.69, 9.17) is 0 Å². The van der Waals surface area contributed by atoms with Crippen molar-refractivity contribution >= 4 is 29.0 Å². The SMILES string of the molecule is O=Cc1sccc1C1=C(C(=O)c2ccccc2)CCCCC1. The van der Waals surface area contributed by atoms with E-state index in [2.05, 4.69) is 0 Å². The minimum atomic E-state index is 0.112. The van der Waals surface area contributed by atoms with Gasteiger partial charge >= 0.3 is 0 Å². The molecule has 0 saturated carbocycles. The van der Waals surface area contributed by atoms with Crippen molar-refractivity contribution in [1.82, 2.24) is 0 Å². The predicted molar refractivity (Wildman–Crippen MR) is 90.5 cm³/mol. The molecule has 0 unspecified atom stereocenters. The second kappa shape index (κ2) is 6.84. The molecule has 0 amide bonds. The lowest BCUT2D eigenvalue weighted by Crippen LogP contribution is -2.06. The van der Waals surface area contributed by atoms with Crippen LogP contribution in [-0.4, -0.2) is 12.1 Å². The van der Waals surface area contributed by atoms with Gasteiger partial charge in [0.1, 0.15) is 0 Å². The highest BCUT2D eigenvalue weighted by Crippen LogP contribution is 2.35. The van der Waals surface area contributed by atoms with Crippen LogP contribution < -0.4 is 0 Å². The molecule has 0 radical (unpaired) electrons.